The molecule has 1 atom stereocenters. The summed E-state index contributed by atoms with van der Waals surface area (Å²) in [7, 11) is 0. The number of nitrogens with zero attached hydrogens (tertiary/aromatic N) is 3. The van der Waals surface area contributed by atoms with Crippen LogP contribution in [-0.4, -0.2) is 70.4 Å². The third-order valence-electron chi connectivity index (χ3n) is 7.06. The molecular formula is C22H31N5O3. The Morgan fingerprint density at radius 3 is 2.57 bits per heavy atom. The van der Waals surface area contributed by atoms with Gasteiger partial charge >= 0.3 is 0 Å². The predicted octanol–water partition coefficient (Wildman–Crippen LogP) is 1.51. The van der Waals surface area contributed by atoms with Gasteiger partial charge in [0.15, 0.2) is 0 Å². The van der Waals surface area contributed by atoms with Gasteiger partial charge in [-0.15, -0.1) is 0 Å². The molecule has 162 valence electrons. The lowest BCUT2D eigenvalue weighted by molar-refractivity contribution is -0.129. The lowest BCUT2D eigenvalue weighted by Crippen LogP contribution is -2.42. The van der Waals surface area contributed by atoms with Crippen molar-refractivity contribution in [1.82, 2.24) is 25.3 Å². The van der Waals surface area contributed by atoms with Crippen LogP contribution in [0, 0.1) is 17.8 Å². The average Bonchev–Trinajstić information content (AvgIpc) is 3.69. The van der Waals surface area contributed by atoms with E-state index < -0.39 is 0 Å². The van der Waals surface area contributed by atoms with Gasteiger partial charge in [0, 0.05) is 50.8 Å². The van der Waals surface area contributed by atoms with Crippen LogP contribution < -0.4 is 5.32 Å². The van der Waals surface area contributed by atoms with Gasteiger partial charge in [-0.1, -0.05) is 0 Å². The zero-order valence-corrected chi connectivity index (χ0v) is 17.4. The van der Waals surface area contributed by atoms with Gasteiger partial charge in [-0.25, -0.2) is 0 Å². The zero-order chi connectivity index (χ0) is 20.7. The molecule has 0 radical (unpaired) electrons. The molecule has 2 saturated heterocycles. The van der Waals surface area contributed by atoms with E-state index in [-0.39, 0.29) is 23.6 Å². The van der Waals surface area contributed by atoms with Crippen LogP contribution in [-0.2, 0) is 9.59 Å². The van der Waals surface area contributed by atoms with E-state index in [1.54, 1.807) is 0 Å². The third kappa shape index (κ3) is 4.37. The van der Waals surface area contributed by atoms with Crippen molar-refractivity contribution in [3.63, 3.8) is 0 Å². The smallest absolute Gasteiger partial charge is 0.274 e. The Morgan fingerprint density at radius 1 is 1.10 bits per heavy atom. The molecule has 3 amide bonds. The largest absolute Gasteiger partial charge is 0.356 e. The van der Waals surface area contributed by atoms with Crippen molar-refractivity contribution in [2.45, 2.75) is 50.9 Å². The zero-order valence-electron chi connectivity index (χ0n) is 17.4. The summed E-state index contributed by atoms with van der Waals surface area (Å²) in [5.74, 6) is 1.50. The first-order valence-corrected chi connectivity index (χ1v) is 11.5. The monoisotopic (exact) mass is 413 g/mol. The van der Waals surface area contributed by atoms with E-state index in [2.05, 4.69) is 15.5 Å². The molecule has 2 saturated carbocycles. The minimum Gasteiger partial charge on any atom is -0.356 e. The van der Waals surface area contributed by atoms with Crippen molar-refractivity contribution >= 4 is 17.7 Å². The average molecular weight is 414 g/mol. The number of aromatic amines is 1. The van der Waals surface area contributed by atoms with E-state index in [9.17, 15) is 14.4 Å². The highest BCUT2D eigenvalue weighted by Gasteiger charge is 2.37. The first-order chi connectivity index (χ1) is 14.6. The summed E-state index contributed by atoms with van der Waals surface area (Å²) >= 11 is 0. The third-order valence-corrected chi connectivity index (χ3v) is 7.06. The summed E-state index contributed by atoms with van der Waals surface area (Å²) in [5, 5.41) is 10.2. The van der Waals surface area contributed by atoms with E-state index >= 15 is 0 Å². The number of nitrogens with one attached hydrogen (secondary N) is 2. The van der Waals surface area contributed by atoms with Crippen molar-refractivity contribution in [3.8, 4) is 0 Å². The molecule has 1 aromatic heterocycles. The predicted molar refractivity (Wildman–Crippen MR) is 110 cm³/mol. The van der Waals surface area contributed by atoms with Gasteiger partial charge in [0.25, 0.3) is 5.91 Å². The van der Waals surface area contributed by atoms with Gasteiger partial charge in [-0.3, -0.25) is 19.5 Å². The summed E-state index contributed by atoms with van der Waals surface area (Å²) in [6, 6.07) is 1.91. The quantitative estimate of drug-likeness (QED) is 0.708. The van der Waals surface area contributed by atoms with Gasteiger partial charge in [0.05, 0.1) is 5.92 Å². The molecule has 0 aromatic carbocycles. The van der Waals surface area contributed by atoms with Crippen LogP contribution in [0.25, 0.3) is 0 Å². The molecule has 0 spiro atoms. The number of amides is 3. The van der Waals surface area contributed by atoms with Crippen molar-refractivity contribution in [2.75, 3.05) is 32.7 Å². The van der Waals surface area contributed by atoms with E-state index in [0.29, 0.717) is 56.0 Å². The Morgan fingerprint density at radius 2 is 1.87 bits per heavy atom. The van der Waals surface area contributed by atoms with E-state index in [0.717, 1.165) is 25.1 Å². The Bertz CT molecular complexity index is 820. The molecule has 4 fully saturated rings. The maximum atomic E-state index is 12.7. The Hall–Kier alpha value is -2.38. The van der Waals surface area contributed by atoms with Crippen LogP contribution in [0.1, 0.15) is 67.0 Å². The Labute approximate surface area is 176 Å². The number of aromatic nitrogens is 2. The van der Waals surface area contributed by atoms with Crippen molar-refractivity contribution in [2.24, 2.45) is 17.8 Å². The number of piperidine rings is 1. The normalized spacial score (nSPS) is 25.1. The van der Waals surface area contributed by atoms with Crippen LogP contribution in [0.3, 0.4) is 0 Å². The molecule has 2 aliphatic carbocycles. The minimum atomic E-state index is -0.210. The number of carbonyl (C=O) groups is 3. The Kier molecular flexibility index (Phi) is 5.25. The van der Waals surface area contributed by atoms with Crippen LogP contribution in [0.4, 0.5) is 0 Å². The summed E-state index contributed by atoms with van der Waals surface area (Å²) < 4.78 is 0. The van der Waals surface area contributed by atoms with Crippen LogP contribution >= 0.6 is 0 Å². The van der Waals surface area contributed by atoms with Gasteiger partial charge in [0.1, 0.15) is 5.69 Å². The maximum Gasteiger partial charge on any atom is 0.274 e. The molecule has 1 unspecified atom stereocenters. The lowest BCUT2D eigenvalue weighted by atomic mass is 9.96. The van der Waals surface area contributed by atoms with Crippen molar-refractivity contribution in [3.05, 3.63) is 17.5 Å². The summed E-state index contributed by atoms with van der Waals surface area (Å²) in [5.41, 5.74) is 1.60. The highest BCUT2D eigenvalue weighted by Crippen LogP contribution is 2.39. The van der Waals surface area contributed by atoms with Crippen molar-refractivity contribution < 1.29 is 14.4 Å². The molecule has 1 aromatic rings. The summed E-state index contributed by atoms with van der Waals surface area (Å²) in [4.78, 5) is 41.2. The fraction of sp³-hybridized carbons (Fsp3) is 0.727. The first-order valence-electron chi connectivity index (χ1n) is 11.5. The number of carbonyl (C=O) groups excluding carboxylic acids is 3. The molecule has 5 rings (SSSR count). The molecule has 0 bridgehead atoms. The summed E-state index contributed by atoms with van der Waals surface area (Å²) in [6.07, 6.45) is 6.87. The number of rotatable bonds is 7. The highest BCUT2D eigenvalue weighted by atomic mass is 16.2. The topological polar surface area (TPSA) is 98.4 Å². The molecule has 3 heterocycles. The van der Waals surface area contributed by atoms with E-state index in [1.165, 1.54) is 25.7 Å². The molecular weight excluding hydrogens is 382 g/mol. The minimum absolute atomic E-state index is 0.00115. The number of H-pyrrole nitrogens is 1. The van der Waals surface area contributed by atoms with Gasteiger partial charge in [-0.05, 0) is 56.4 Å². The van der Waals surface area contributed by atoms with Gasteiger partial charge in [-0.2, -0.15) is 5.10 Å². The van der Waals surface area contributed by atoms with E-state index in [4.69, 9.17) is 0 Å². The van der Waals surface area contributed by atoms with Crippen LogP contribution in [0.2, 0.25) is 0 Å². The SMILES string of the molecule is O=C(NCC1CC1)C1CC(=O)N(CC2CCN(C(=O)c3cc(C4CC4)[nH]n3)CC2)C1. The second kappa shape index (κ2) is 8.04. The van der Waals surface area contributed by atoms with Crippen LogP contribution in [0.15, 0.2) is 6.07 Å². The second-order valence-electron chi connectivity index (χ2n) is 9.61. The lowest BCUT2D eigenvalue weighted by Gasteiger charge is -2.33. The molecule has 8 heteroatoms. The van der Waals surface area contributed by atoms with E-state index in [1.807, 2.05) is 15.9 Å². The Balaban J connectivity index is 1.07. The number of hydrogen-bond donors (Lipinski definition) is 2. The summed E-state index contributed by atoms with van der Waals surface area (Å²) in [6.45, 7) is 3.38. The standard InChI is InChI=1S/C22H31N5O3/c28-20-9-17(21(29)23-11-14-1-2-14)13-27(20)12-15-5-7-26(8-6-15)22(30)19-10-18(24-25-19)16-3-4-16/h10,14-17H,1-9,11-13H2,(H,23,29)(H,24,25). The number of likely N-dealkylation sites (tertiary alicyclic amines) is 2. The number of hydrogen-bond acceptors (Lipinski definition) is 4. The molecule has 4 aliphatic rings. The maximum absolute atomic E-state index is 12.7. The molecule has 2 aliphatic heterocycles. The van der Waals surface area contributed by atoms with Crippen molar-refractivity contribution in [1.29, 1.82) is 0 Å². The first kappa shape index (κ1) is 19.6. The molecule has 30 heavy (non-hydrogen) atoms. The fourth-order valence-electron chi connectivity index (χ4n) is 4.68. The molecule has 8 nitrogen and oxygen atoms in total. The second-order valence-corrected chi connectivity index (χ2v) is 9.61. The fourth-order valence-corrected chi connectivity index (χ4v) is 4.68. The highest BCUT2D eigenvalue weighted by molar-refractivity contribution is 5.92. The molecule has 2 N–H and O–H groups in total. The van der Waals surface area contributed by atoms with Crippen LogP contribution in [0.5, 0.6) is 0 Å². The van der Waals surface area contributed by atoms with Gasteiger partial charge < -0.3 is 15.1 Å². The van der Waals surface area contributed by atoms with Gasteiger partial charge in [0.2, 0.25) is 11.8 Å².